The molecular formula is C16H20O4. The van der Waals surface area contributed by atoms with Gasteiger partial charge in [-0.3, -0.25) is 9.59 Å². The summed E-state index contributed by atoms with van der Waals surface area (Å²) in [6.45, 7) is 2.84. The average Bonchev–Trinajstić information content (AvgIpc) is 2.38. The Morgan fingerprint density at radius 3 is 1.65 bits per heavy atom. The average molecular weight is 276 g/mol. The lowest BCUT2D eigenvalue weighted by Gasteiger charge is -2.27. The third-order valence-electron chi connectivity index (χ3n) is 3.49. The molecule has 0 aliphatic heterocycles. The molecule has 0 aromatic heterocycles. The highest BCUT2D eigenvalue weighted by Gasteiger charge is 2.26. The van der Waals surface area contributed by atoms with Gasteiger partial charge in [-0.2, -0.15) is 0 Å². The smallest absolute Gasteiger partial charge is 0.303 e. The summed E-state index contributed by atoms with van der Waals surface area (Å²) < 4.78 is 10.9. The van der Waals surface area contributed by atoms with Crippen LogP contribution in [0.2, 0.25) is 0 Å². The van der Waals surface area contributed by atoms with Gasteiger partial charge in [0.2, 0.25) is 0 Å². The molecule has 0 saturated heterocycles. The van der Waals surface area contributed by atoms with Crippen LogP contribution in [0.25, 0.3) is 0 Å². The molecule has 20 heavy (non-hydrogen) atoms. The summed E-state index contributed by atoms with van der Waals surface area (Å²) >= 11 is 0. The van der Waals surface area contributed by atoms with Crippen LogP contribution in [-0.2, 0) is 19.1 Å². The lowest BCUT2D eigenvalue weighted by Crippen LogP contribution is -2.17. The van der Waals surface area contributed by atoms with Crippen LogP contribution in [0, 0.1) is 0 Å². The van der Waals surface area contributed by atoms with E-state index in [-0.39, 0.29) is 24.1 Å². The van der Waals surface area contributed by atoms with Crippen molar-refractivity contribution in [1.29, 1.82) is 0 Å². The molecular weight excluding hydrogens is 256 g/mol. The molecule has 2 atom stereocenters. The molecule has 0 unspecified atom stereocenters. The van der Waals surface area contributed by atoms with Crippen molar-refractivity contribution in [3.05, 3.63) is 35.4 Å². The summed E-state index contributed by atoms with van der Waals surface area (Å²) in [7, 11) is 0. The summed E-state index contributed by atoms with van der Waals surface area (Å²) in [6, 6.07) is 7.74. The number of rotatable bonds is 2. The molecule has 0 bridgehead atoms. The minimum atomic E-state index is -0.283. The van der Waals surface area contributed by atoms with E-state index in [0.29, 0.717) is 0 Å². The Hall–Kier alpha value is -1.84. The molecule has 2 rings (SSSR count). The lowest BCUT2D eigenvalue weighted by molar-refractivity contribution is -0.150. The Kier molecular flexibility index (Phi) is 4.77. The first kappa shape index (κ1) is 14.6. The van der Waals surface area contributed by atoms with Gasteiger partial charge in [-0.1, -0.05) is 24.3 Å². The number of esters is 2. The van der Waals surface area contributed by atoms with Gasteiger partial charge in [0, 0.05) is 13.8 Å². The van der Waals surface area contributed by atoms with E-state index in [2.05, 4.69) is 0 Å². The highest BCUT2D eigenvalue weighted by Crippen LogP contribution is 2.36. The molecule has 0 saturated carbocycles. The molecule has 1 aromatic carbocycles. The highest BCUT2D eigenvalue weighted by atomic mass is 16.5. The van der Waals surface area contributed by atoms with Gasteiger partial charge in [0.25, 0.3) is 0 Å². The summed E-state index contributed by atoms with van der Waals surface area (Å²) in [5.41, 5.74) is 1.90. The van der Waals surface area contributed by atoms with Crippen molar-refractivity contribution in [3.63, 3.8) is 0 Å². The van der Waals surface area contributed by atoms with Crippen molar-refractivity contribution >= 4 is 11.9 Å². The van der Waals surface area contributed by atoms with Crippen LogP contribution in [0.15, 0.2) is 24.3 Å². The fourth-order valence-electron chi connectivity index (χ4n) is 2.71. The monoisotopic (exact) mass is 276 g/mol. The number of carbonyl (C=O) groups excluding carboxylic acids is 2. The zero-order valence-electron chi connectivity index (χ0n) is 11.9. The highest BCUT2D eigenvalue weighted by molar-refractivity contribution is 5.67. The Morgan fingerprint density at radius 1 is 0.900 bits per heavy atom. The van der Waals surface area contributed by atoms with Crippen molar-refractivity contribution in [2.24, 2.45) is 0 Å². The second kappa shape index (κ2) is 6.55. The summed E-state index contributed by atoms with van der Waals surface area (Å²) in [4.78, 5) is 22.5. The van der Waals surface area contributed by atoms with E-state index in [0.717, 1.165) is 36.8 Å². The van der Waals surface area contributed by atoms with Crippen molar-refractivity contribution in [2.75, 3.05) is 0 Å². The normalized spacial score (nSPS) is 22.1. The van der Waals surface area contributed by atoms with Gasteiger partial charge in [-0.05, 0) is 36.8 Å². The van der Waals surface area contributed by atoms with Crippen LogP contribution in [0.1, 0.15) is 62.9 Å². The first-order valence-electron chi connectivity index (χ1n) is 7.01. The van der Waals surface area contributed by atoms with Crippen molar-refractivity contribution in [3.8, 4) is 0 Å². The molecule has 0 heterocycles. The molecule has 1 aliphatic carbocycles. The van der Waals surface area contributed by atoms with E-state index in [1.165, 1.54) is 13.8 Å². The molecule has 0 fully saturated rings. The largest absolute Gasteiger partial charge is 0.458 e. The first-order chi connectivity index (χ1) is 9.58. The molecule has 0 N–H and O–H groups in total. The number of hydrogen-bond acceptors (Lipinski definition) is 4. The zero-order valence-corrected chi connectivity index (χ0v) is 11.9. The van der Waals surface area contributed by atoms with Crippen molar-refractivity contribution < 1.29 is 19.1 Å². The first-order valence-corrected chi connectivity index (χ1v) is 7.01. The van der Waals surface area contributed by atoms with Gasteiger partial charge in [0.15, 0.2) is 0 Å². The number of hydrogen-bond donors (Lipinski definition) is 0. The van der Waals surface area contributed by atoms with Crippen LogP contribution < -0.4 is 0 Å². The molecule has 4 nitrogen and oxygen atoms in total. The number of fused-ring (bicyclic) bond motifs is 1. The minimum absolute atomic E-state index is 0.248. The molecule has 1 aromatic rings. The summed E-state index contributed by atoms with van der Waals surface area (Å²) in [5.74, 6) is -0.566. The predicted octanol–water partition coefficient (Wildman–Crippen LogP) is 3.47. The number of benzene rings is 1. The topological polar surface area (TPSA) is 52.6 Å². The fraction of sp³-hybridized carbons (Fsp3) is 0.500. The van der Waals surface area contributed by atoms with Crippen LogP contribution >= 0.6 is 0 Å². The van der Waals surface area contributed by atoms with Crippen LogP contribution in [0.5, 0.6) is 0 Å². The van der Waals surface area contributed by atoms with Gasteiger partial charge < -0.3 is 9.47 Å². The Morgan fingerprint density at radius 2 is 1.30 bits per heavy atom. The summed E-state index contributed by atoms with van der Waals surface area (Å²) in [5, 5.41) is 0. The molecule has 108 valence electrons. The number of ether oxygens (including phenoxy) is 2. The van der Waals surface area contributed by atoms with Crippen molar-refractivity contribution in [1.82, 2.24) is 0 Å². The van der Waals surface area contributed by atoms with E-state index < -0.39 is 0 Å². The van der Waals surface area contributed by atoms with Gasteiger partial charge in [0.05, 0.1) is 0 Å². The Balaban J connectivity index is 2.35. The van der Waals surface area contributed by atoms with Crippen LogP contribution in [0.4, 0.5) is 0 Å². The van der Waals surface area contributed by atoms with E-state index >= 15 is 0 Å². The van der Waals surface area contributed by atoms with Crippen LogP contribution in [-0.4, -0.2) is 11.9 Å². The maximum Gasteiger partial charge on any atom is 0.303 e. The molecule has 0 amide bonds. The Labute approximate surface area is 119 Å². The maximum absolute atomic E-state index is 11.3. The maximum atomic E-state index is 11.3. The number of carbonyl (C=O) groups is 2. The lowest BCUT2D eigenvalue weighted by atomic mass is 9.89. The summed E-state index contributed by atoms with van der Waals surface area (Å²) in [6.07, 6.45) is 3.02. The SMILES string of the molecule is CC(=O)O[C@@H]1CCCC[C@@H](OC(C)=O)c2ccccc21. The Bertz CT molecular complexity index is 450. The fourth-order valence-corrected chi connectivity index (χ4v) is 2.71. The quantitative estimate of drug-likeness (QED) is 0.776. The van der Waals surface area contributed by atoms with Gasteiger partial charge in [-0.15, -0.1) is 0 Å². The minimum Gasteiger partial charge on any atom is -0.458 e. The molecule has 4 heteroatoms. The third-order valence-corrected chi connectivity index (χ3v) is 3.49. The van der Waals surface area contributed by atoms with Gasteiger partial charge >= 0.3 is 11.9 Å². The van der Waals surface area contributed by atoms with E-state index in [9.17, 15) is 9.59 Å². The van der Waals surface area contributed by atoms with Gasteiger partial charge in [0.1, 0.15) is 12.2 Å². The molecule has 0 radical (unpaired) electrons. The van der Waals surface area contributed by atoms with Crippen molar-refractivity contribution in [2.45, 2.75) is 51.7 Å². The predicted molar refractivity (Wildman–Crippen MR) is 73.9 cm³/mol. The zero-order chi connectivity index (χ0) is 14.5. The third kappa shape index (κ3) is 3.59. The van der Waals surface area contributed by atoms with E-state index in [1.807, 2.05) is 24.3 Å². The second-order valence-corrected chi connectivity index (χ2v) is 5.11. The van der Waals surface area contributed by atoms with E-state index in [1.54, 1.807) is 0 Å². The van der Waals surface area contributed by atoms with Crippen LogP contribution in [0.3, 0.4) is 0 Å². The second-order valence-electron chi connectivity index (χ2n) is 5.11. The molecule has 1 aliphatic rings. The molecule has 0 spiro atoms. The van der Waals surface area contributed by atoms with E-state index in [4.69, 9.17) is 9.47 Å². The standard InChI is InChI=1S/C16H20O4/c1-11(17)19-15-9-5-6-10-16(20-12(2)18)14-8-4-3-7-13(14)15/h3-4,7-8,15-16H,5-6,9-10H2,1-2H3/t15-,16-/m1/s1. The van der Waals surface area contributed by atoms with Gasteiger partial charge in [-0.25, -0.2) is 0 Å².